The highest BCUT2D eigenvalue weighted by Crippen LogP contribution is 2.43. The van der Waals surface area contributed by atoms with Crippen molar-refractivity contribution in [2.45, 2.75) is 84.7 Å². The van der Waals surface area contributed by atoms with Crippen molar-refractivity contribution in [2.24, 2.45) is 5.41 Å². The third-order valence-electron chi connectivity index (χ3n) is 7.90. The lowest BCUT2D eigenvalue weighted by Crippen LogP contribution is -2.40. The van der Waals surface area contributed by atoms with Gasteiger partial charge in [0.15, 0.2) is 8.32 Å². The van der Waals surface area contributed by atoms with Gasteiger partial charge in [-0.25, -0.2) is 0 Å². The summed E-state index contributed by atoms with van der Waals surface area (Å²) >= 11 is 0. The summed E-state index contributed by atoms with van der Waals surface area (Å²) in [6, 6.07) is 20.9. The number of allylic oxidation sites excluding steroid dienone is 4. The highest BCUT2D eigenvalue weighted by atomic mass is 28.4. The van der Waals surface area contributed by atoms with Crippen molar-refractivity contribution in [2.75, 3.05) is 19.8 Å². The van der Waals surface area contributed by atoms with Gasteiger partial charge in [-0.2, -0.15) is 0 Å². The molecule has 1 aliphatic carbocycles. The van der Waals surface area contributed by atoms with E-state index in [2.05, 4.69) is 101 Å². The normalized spacial score (nSPS) is 16.2. The van der Waals surface area contributed by atoms with Crippen LogP contribution in [0.4, 0.5) is 0 Å². The highest BCUT2D eigenvalue weighted by Gasteiger charge is 2.38. The van der Waals surface area contributed by atoms with Gasteiger partial charge in [-0.15, -0.1) is 0 Å². The minimum Gasteiger partial charge on any atom is -0.417 e. The molecule has 0 aromatic heterocycles. The van der Waals surface area contributed by atoms with E-state index in [1.54, 1.807) is 0 Å². The fourth-order valence-electron chi connectivity index (χ4n) is 4.63. The Morgan fingerprint density at radius 1 is 0.838 bits per heavy atom. The molecule has 202 valence electrons. The van der Waals surface area contributed by atoms with Crippen LogP contribution in [0.15, 0.2) is 84.0 Å². The van der Waals surface area contributed by atoms with Gasteiger partial charge in [0.05, 0.1) is 26.4 Å². The first-order chi connectivity index (χ1) is 17.6. The van der Waals surface area contributed by atoms with E-state index in [0.717, 1.165) is 32.3 Å². The van der Waals surface area contributed by atoms with Gasteiger partial charge < -0.3 is 13.9 Å². The van der Waals surface area contributed by atoms with E-state index in [1.165, 1.54) is 22.3 Å². The van der Waals surface area contributed by atoms with Gasteiger partial charge in [-0.05, 0) is 67.4 Å². The van der Waals surface area contributed by atoms with Crippen LogP contribution in [0, 0.1) is 5.41 Å². The van der Waals surface area contributed by atoms with Crippen LogP contribution in [0.1, 0.15) is 64.5 Å². The Morgan fingerprint density at radius 3 is 1.89 bits per heavy atom. The minimum atomic E-state index is -1.66. The Morgan fingerprint density at radius 2 is 1.38 bits per heavy atom. The smallest absolute Gasteiger partial charge is 0.191 e. The Kier molecular flexibility index (Phi) is 11.0. The van der Waals surface area contributed by atoms with Crippen LogP contribution in [-0.2, 0) is 27.1 Å². The Bertz CT molecular complexity index is 957. The first-order valence-electron chi connectivity index (χ1n) is 13.8. The highest BCUT2D eigenvalue weighted by molar-refractivity contribution is 6.74. The van der Waals surface area contributed by atoms with Crippen molar-refractivity contribution in [3.8, 4) is 0 Å². The molecule has 0 atom stereocenters. The first-order valence-corrected chi connectivity index (χ1v) is 16.7. The molecule has 2 aromatic rings. The molecule has 0 saturated heterocycles. The average molecular weight is 521 g/mol. The number of rotatable bonds is 14. The van der Waals surface area contributed by atoms with E-state index < -0.39 is 8.32 Å². The SMILES string of the molecule is CC1=C(/C=C/CCCO[Si](C)(C)C(C)(C)C)CC(COCc2ccccc2)(COCc2ccccc2)C1. The number of unbranched alkanes of at least 4 members (excludes halogenated alkanes) is 1. The van der Waals surface area contributed by atoms with Crippen molar-refractivity contribution < 1.29 is 13.9 Å². The molecule has 0 N–H and O–H groups in total. The first kappa shape index (κ1) is 29.6. The zero-order valence-corrected chi connectivity index (χ0v) is 25.0. The standard InChI is InChI=1S/C33H48O3Si/c1-28-22-33(26-34-24-29-16-10-7-11-17-29,27-35-25-30-18-12-8-13-19-30)23-31(28)20-14-9-15-21-36-37(5,6)32(2,3)4/h7-8,10-14,16-20H,9,15,21-27H2,1-6H3/b20-14+. The second kappa shape index (κ2) is 13.7. The summed E-state index contributed by atoms with van der Waals surface area (Å²) < 4.78 is 18.9. The average Bonchev–Trinajstić information content (AvgIpc) is 3.17. The maximum atomic E-state index is 6.34. The number of ether oxygens (including phenoxy) is 2. The van der Waals surface area contributed by atoms with Crippen LogP contribution < -0.4 is 0 Å². The van der Waals surface area contributed by atoms with E-state index in [1.807, 2.05) is 12.1 Å². The zero-order chi connectivity index (χ0) is 26.8. The van der Waals surface area contributed by atoms with Gasteiger partial charge in [0, 0.05) is 12.0 Å². The second-order valence-corrected chi connectivity index (χ2v) is 17.1. The van der Waals surface area contributed by atoms with Gasteiger partial charge in [-0.3, -0.25) is 0 Å². The molecular formula is C33H48O3Si. The number of benzene rings is 2. The van der Waals surface area contributed by atoms with Crippen molar-refractivity contribution in [1.82, 2.24) is 0 Å². The summed E-state index contributed by atoms with van der Waals surface area (Å²) in [4.78, 5) is 0. The number of hydrogen-bond acceptors (Lipinski definition) is 3. The summed E-state index contributed by atoms with van der Waals surface area (Å²) in [6.07, 6.45) is 8.82. The maximum Gasteiger partial charge on any atom is 0.191 e. The van der Waals surface area contributed by atoms with Crippen LogP contribution in [0.25, 0.3) is 0 Å². The third kappa shape index (κ3) is 9.37. The summed E-state index contributed by atoms with van der Waals surface area (Å²) in [6.45, 7) is 17.4. The monoisotopic (exact) mass is 520 g/mol. The molecule has 0 bridgehead atoms. The van der Waals surface area contributed by atoms with Gasteiger partial charge in [0.1, 0.15) is 0 Å². The molecule has 0 aliphatic heterocycles. The molecule has 0 radical (unpaired) electrons. The molecule has 0 heterocycles. The van der Waals surface area contributed by atoms with Crippen molar-refractivity contribution in [1.29, 1.82) is 0 Å². The van der Waals surface area contributed by atoms with Crippen LogP contribution in [0.2, 0.25) is 18.1 Å². The second-order valence-electron chi connectivity index (χ2n) is 12.3. The largest absolute Gasteiger partial charge is 0.417 e. The third-order valence-corrected chi connectivity index (χ3v) is 12.4. The summed E-state index contributed by atoms with van der Waals surface area (Å²) in [7, 11) is -1.66. The van der Waals surface area contributed by atoms with Gasteiger partial charge in [0.25, 0.3) is 0 Å². The molecule has 3 rings (SSSR count). The van der Waals surface area contributed by atoms with Gasteiger partial charge in [-0.1, -0.05) is 99.2 Å². The quantitative estimate of drug-likeness (QED) is 0.184. The fourth-order valence-corrected chi connectivity index (χ4v) is 5.72. The molecule has 0 fully saturated rings. The predicted octanol–water partition coefficient (Wildman–Crippen LogP) is 8.87. The fraction of sp³-hybridized carbons (Fsp3) is 0.515. The predicted molar refractivity (Wildman–Crippen MR) is 158 cm³/mol. The lowest BCUT2D eigenvalue weighted by Gasteiger charge is -2.36. The molecule has 0 spiro atoms. The van der Waals surface area contributed by atoms with Crippen molar-refractivity contribution >= 4 is 8.32 Å². The van der Waals surface area contributed by atoms with Gasteiger partial charge in [0.2, 0.25) is 0 Å². The molecule has 2 aromatic carbocycles. The lowest BCUT2D eigenvalue weighted by molar-refractivity contribution is -0.0280. The summed E-state index contributed by atoms with van der Waals surface area (Å²) in [5.41, 5.74) is 5.31. The Labute approximate surface area is 227 Å². The van der Waals surface area contributed by atoms with Gasteiger partial charge >= 0.3 is 0 Å². The van der Waals surface area contributed by atoms with E-state index >= 15 is 0 Å². The van der Waals surface area contributed by atoms with Crippen LogP contribution >= 0.6 is 0 Å². The molecule has 0 unspecified atom stereocenters. The Hall–Kier alpha value is -1.98. The van der Waals surface area contributed by atoms with Crippen LogP contribution in [0.3, 0.4) is 0 Å². The molecule has 0 saturated carbocycles. The van der Waals surface area contributed by atoms with E-state index in [4.69, 9.17) is 13.9 Å². The van der Waals surface area contributed by atoms with E-state index in [0.29, 0.717) is 26.4 Å². The molecule has 1 aliphatic rings. The lowest BCUT2D eigenvalue weighted by atomic mass is 9.85. The van der Waals surface area contributed by atoms with Crippen molar-refractivity contribution in [3.63, 3.8) is 0 Å². The minimum absolute atomic E-state index is 0.0151. The molecular weight excluding hydrogens is 472 g/mol. The molecule has 37 heavy (non-hydrogen) atoms. The summed E-state index contributed by atoms with van der Waals surface area (Å²) in [5.74, 6) is 0. The molecule has 4 heteroatoms. The van der Waals surface area contributed by atoms with Crippen molar-refractivity contribution in [3.05, 3.63) is 95.1 Å². The summed E-state index contributed by atoms with van der Waals surface area (Å²) in [5, 5.41) is 0.267. The van der Waals surface area contributed by atoms with Crippen LogP contribution in [0.5, 0.6) is 0 Å². The Balaban J connectivity index is 1.53. The van der Waals surface area contributed by atoms with E-state index in [-0.39, 0.29) is 10.5 Å². The topological polar surface area (TPSA) is 27.7 Å². The van der Waals surface area contributed by atoms with E-state index in [9.17, 15) is 0 Å². The molecule has 3 nitrogen and oxygen atoms in total. The van der Waals surface area contributed by atoms with Crippen LogP contribution in [-0.4, -0.2) is 28.1 Å². The maximum absolute atomic E-state index is 6.34. The molecule has 0 amide bonds. The zero-order valence-electron chi connectivity index (χ0n) is 24.0. The number of hydrogen-bond donors (Lipinski definition) is 0.